The van der Waals surface area contributed by atoms with Crippen LogP contribution in [0.3, 0.4) is 0 Å². The van der Waals surface area contributed by atoms with E-state index in [0.29, 0.717) is 24.6 Å². The van der Waals surface area contributed by atoms with Crippen LogP contribution < -0.4 is 5.32 Å². The number of anilines is 1. The fourth-order valence-electron chi connectivity index (χ4n) is 3.28. The van der Waals surface area contributed by atoms with Crippen molar-refractivity contribution in [2.24, 2.45) is 0 Å². The minimum absolute atomic E-state index is 0.0237. The van der Waals surface area contributed by atoms with Gasteiger partial charge < -0.3 is 19.6 Å². The fraction of sp³-hybridized carbons (Fsp3) is 0.471. The van der Waals surface area contributed by atoms with Gasteiger partial charge in [0, 0.05) is 27.2 Å². The van der Waals surface area contributed by atoms with Gasteiger partial charge in [-0.3, -0.25) is 4.68 Å². The van der Waals surface area contributed by atoms with E-state index in [4.69, 9.17) is 4.52 Å². The summed E-state index contributed by atoms with van der Waals surface area (Å²) in [4.78, 5) is 24.1. The second kappa shape index (κ2) is 6.86. The van der Waals surface area contributed by atoms with Crippen molar-refractivity contribution in [2.75, 3.05) is 26.0 Å². The number of carbonyl (C=O) groups excluding carboxylic acids is 1. The Labute approximate surface area is 156 Å². The van der Waals surface area contributed by atoms with E-state index in [1.54, 1.807) is 19.0 Å². The van der Waals surface area contributed by atoms with E-state index in [1.165, 1.54) is 6.33 Å². The normalized spacial score (nSPS) is 14.1. The number of aromatic nitrogens is 5. The summed E-state index contributed by atoms with van der Waals surface area (Å²) >= 11 is 0. The van der Waals surface area contributed by atoms with Crippen LogP contribution in [-0.2, 0) is 19.6 Å². The molecule has 1 aliphatic rings. The molecule has 1 aliphatic heterocycles. The van der Waals surface area contributed by atoms with Gasteiger partial charge >= 0.3 is 6.03 Å². The number of fused-ring (bicyclic) bond motifs is 2. The highest BCUT2D eigenvalue weighted by Crippen LogP contribution is 2.23. The molecule has 3 aromatic rings. The lowest BCUT2D eigenvalue weighted by atomic mass is 10.3. The number of rotatable bonds is 3. The first-order valence-electron chi connectivity index (χ1n) is 8.85. The predicted octanol–water partition coefficient (Wildman–Crippen LogP) is 1.62. The highest BCUT2D eigenvalue weighted by Gasteiger charge is 2.22. The molecule has 2 amide bonds. The van der Waals surface area contributed by atoms with Gasteiger partial charge in [-0.15, -0.1) is 0 Å². The second-order valence-electron chi connectivity index (χ2n) is 6.83. The maximum atomic E-state index is 12.3. The average molecular weight is 370 g/mol. The van der Waals surface area contributed by atoms with Crippen molar-refractivity contribution in [3.63, 3.8) is 0 Å². The Morgan fingerprint density at radius 1 is 1.33 bits per heavy atom. The Morgan fingerprint density at radius 3 is 3.00 bits per heavy atom. The summed E-state index contributed by atoms with van der Waals surface area (Å²) in [5, 5.41) is 12.7. The summed E-state index contributed by atoms with van der Waals surface area (Å²) in [6.07, 6.45) is 2.33. The van der Waals surface area contributed by atoms with Crippen LogP contribution in [0.1, 0.15) is 23.5 Å². The molecule has 0 saturated carbocycles. The van der Waals surface area contributed by atoms with Crippen LogP contribution in [0.5, 0.6) is 0 Å². The van der Waals surface area contributed by atoms with Crippen LogP contribution in [0.4, 0.5) is 10.6 Å². The molecular weight excluding hydrogens is 348 g/mol. The van der Waals surface area contributed by atoms with Crippen molar-refractivity contribution >= 4 is 22.9 Å². The molecule has 0 saturated heterocycles. The Hall–Kier alpha value is -3.17. The lowest BCUT2D eigenvalue weighted by Crippen LogP contribution is -2.38. The first-order valence-corrected chi connectivity index (χ1v) is 8.85. The summed E-state index contributed by atoms with van der Waals surface area (Å²) in [5.41, 5.74) is 3.13. The van der Waals surface area contributed by atoms with E-state index < -0.39 is 0 Å². The van der Waals surface area contributed by atoms with Gasteiger partial charge in [-0.25, -0.2) is 9.78 Å². The lowest BCUT2D eigenvalue weighted by Gasteiger charge is -2.23. The maximum absolute atomic E-state index is 12.3. The van der Waals surface area contributed by atoms with Crippen LogP contribution in [0, 0.1) is 6.92 Å². The molecule has 4 rings (SSSR count). The minimum Gasteiger partial charge on any atom is -0.364 e. The summed E-state index contributed by atoms with van der Waals surface area (Å²) < 4.78 is 7.16. The van der Waals surface area contributed by atoms with Crippen molar-refractivity contribution in [3.05, 3.63) is 29.5 Å². The quantitative estimate of drug-likeness (QED) is 0.747. The molecule has 0 radical (unpaired) electrons. The smallest absolute Gasteiger partial charge is 0.319 e. The maximum Gasteiger partial charge on any atom is 0.319 e. The highest BCUT2D eigenvalue weighted by atomic mass is 16.5. The third kappa shape index (κ3) is 3.29. The van der Waals surface area contributed by atoms with Gasteiger partial charge in [0.2, 0.25) is 0 Å². The van der Waals surface area contributed by atoms with E-state index in [9.17, 15) is 4.79 Å². The molecule has 0 unspecified atom stereocenters. The zero-order chi connectivity index (χ0) is 19.0. The van der Waals surface area contributed by atoms with Crippen LogP contribution in [0.2, 0.25) is 0 Å². The van der Waals surface area contributed by atoms with E-state index in [1.807, 2.05) is 22.6 Å². The fourth-order valence-corrected chi connectivity index (χ4v) is 3.28. The number of aryl methyl sites for hydroxylation is 2. The largest absolute Gasteiger partial charge is 0.364 e. The monoisotopic (exact) mass is 370 g/mol. The first kappa shape index (κ1) is 17.3. The molecule has 3 aromatic heterocycles. The number of carbonyl (C=O) groups is 1. The predicted molar refractivity (Wildman–Crippen MR) is 98.0 cm³/mol. The molecule has 0 atom stereocenters. The molecule has 0 fully saturated rings. The van der Waals surface area contributed by atoms with Gasteiger partial charge in [-0.05, 0) is 19.4 Å². The van der Waals surface area contributed by atoms with Crippen molar-refractivity contribution in [3.8, 4) is 0 Å². The van der Waals surface area contributed by atoms with E-state index >= 15 is 0 Å². The molecule has 10 nitrogen and oxygen atoms in total. The first-order chi connectivity index (χ1) is 13.0. The molecule has 1 N–H and O–H groups in total. The van der Waals surface area contributed by atoms with Gasteiger partial charge in [0.1, 0.15) is 17.5 Å². The van der Waals surface area contributed by atoms with Crippen LogP contribution in [0.25, 0.3) is 11.1 Å². The number of nitrogens with one attached hydrogen (secondary N) is 1. The molecule has 0 aliphatic carbocycles. The lowest BCUT2D eigenvalue weighted by molar-refractivity contribution is 0.169. The van der Waals surface area contributed by atoms with Crippen molar-refractivity contribution < 1.29 is 9.32 Å². The standard InChI is InChI=1S/C17H22N8O2/c1-11-14-15(19-10-20-16(14)27-22-11)18-8-12-7-13-9-24(17(26)23(2)3)5-4-6-25(13)21-12/h7,10H,4-6,8-9H2,1-3H3,(H,18,19,20). The van der Waals surface area contributed by atoms with Gasteiger partial charge in [0.15, 0.2) is 0 Å². The summed E-state index contributed by atoms with van der Waals surface area (Å²) in [6, 6.07) is 2.06. The Morgan fingerprint density at radius 2 is 2.19 bits per heavy atom. The summed E-state index contributed by atoms with van der Waals surface area (Å²) in [5.74, 6) is 0.673. The molecule has 10 heteroatoms. The zero-order valence-corrected chi connectivity index (χ0v) is 15.6. The van der Waals surface area contributed by atoms with Crippen molar-refractivity contribution in [2.45, 2.75) is 33.0 Å². The number of hydrogen-bond acceptors (Lipinski definition) is 7. The van der Waals surface area contributed by atoms with Crippen molar-refractivity contribution in [1.29, 1.82) is 0 Å². The molecule has 0 spiro atoms. The van der Waals surface area contributed by atoms with E-state index in [-0.39, 0.29) is 6.03 Å². The number of amides is 2. The molecular formula is C17H22N8O2. The van der Waals surface area contributed by atoms with Crippen molar-refractivity contribution in [1.82, 2.24) is 34.7 Å². The Balaban J connectivity index is 1.51. The van der Waals surface area contributed by atoms with Gasteiger partial charge in [0.25, 0.3) is 5.71 Å². The van der Waals surface area contributed by atoms with Crippen LogP contribution in [0.15, 0.2) is 16.9 Å². The Bertz CT molecular complexity index is 977. The topological polar surface area (TPSA) is 105 Å². The minimum atomic E-state index is 0.0237. The summed E-state index contributed by atoms with van der Waals surface area (Å²) in [7, 11) is 3.55. The van der Waals surface area contributed by atoms with E-state index in [0.717, 1.165) is 42.0 Å². The van der Waals surface area contributed by atoms with Gasteiger partial charge in [-0.2, -0.15) is 10.1 Å². The third-order valence-corrected chi connectivity index (χ3v) is 4.60. The van der Waals surface area contributed by atoms with Crippen LogP contribution >= 0.6 is 0 Å². The third-order valence-electron chi connectivity index (χ3n) is 4.60. The summed E-state index contributed by atoms with van der Waals surface area (Å²) in [6.45, 7) is 4.47. The molecule has 0 aromatic carbocycles. The molecule has 4 heterocycles. The zero-order valence-electron chi connectivity index (χ0n) is 15.6. The SMILES string of the molecule is Cc1noc2ncnc(NCc3cc4n(n3)CCCN(C(=O)N(C)C)C4)c12. The Kier molecular flexibility index (Phi) is 4.38. The van der Waals surface area contributed by atoms with E-state index in [2.05, 4.69) is 25.5 Å². The average Bonchev–Trinajstić information content (AvgIpc) is 3.16. The van der Waals surface area contributed by atoms with Gasteiger partial charge in [-0.1, -0.05) is 5.16 Å². The molecule has 27 heavy (non-hydrogen) atoms. The highest BCUT2D eigenvalue weighted by molar-refractivity contribution is 5.87. The van der Waals surface area contributed by atoms with Gasteiger partial charge in [0.05, 0.1) is 30.2 Å². The number of hydrogen-bond donors (Lipinski definition) is 1. The number of urea groups is 1. The molecule has 0 bridgehead atoms. The second-order valence-corrected chi connectivity index (χ2v) is 6.83. The van der Waals surface area contributed by atoms with Crippen LogP contribution in [-0.4, -0.2) is 61.4 Å². The molecule has 142 valence electrons. The number of nitrogens with zero attached hydrogens (tertiary/aromatic N) is 7.